The van der Waals surface area contributed by atoms with Gasteiger partial charge in [0, 0.05) is 34.5 Å². The maximum atomic E-state index is 10.9. The highest BCUT2D eigenvalue weighted by molar-refractivity contribution is 7.82. The molecule has 240 valence electrons. The van der Waals surface area contributed by atoms with Crippen LogP contribution in [0.1, 0.15) is 10.4 Å². The molecule has 0 radical (unpaired) electrons. The van der Waals surface area contributed by atoms with Gasteiger partial charge < -0.3 is 43.5 Å². The van der Waals surface area contributed by atoms with E-state index in [0.717, 1.165) is 11.5 Å². The zero-order valence-corrected chi connectivity index (χ0v) is 25.9. The Balaban J connectivity index is 0.000000215. The van der Waals surface area contributed by atoms with E-state index in [1.807, 2.05) is 48.5 Å². The molecule has 0 bridgehead atoms. The number of primary amides is 1. The van der Waals surface area contributed by atoms with Gasteiger partial charge in [0.15, 0.2) is 0 Å². The van der Waals surface area contributed by atoms with E-state index >= 15 is 0 Å². The number of nitrogen functional groups attached to an aromatic ring is 4. The van der Waals surface area contributed by atoms with Crippen LogP contribution >= 0.6 is 0 Å². The van der Waals surface area contributed by atoms with Crippen molar-refractivity contribution in [1.29, 1.82) is 0 Å². The minimum absolute atomic E-state index is 0.364. The van der Waals surface area contributed by atoms with Gasteiger partial charge in [-0.05, 0) is 78.9 Å². The molecule has 0 spiro atoms. The van der Waals surface area contributed by atoms with E-state index in [4.69, 9.17) is 38.5 Å². The largest absolute Gasteiger partial charge is 0.465 e. The number of hydrogen-bond donors (Lipinski definition) is 7. The normalized spacial score (nSPS) is 10.1. The Bertz CT molecular complexity index is 1720. The average molecular weight is 644 g/mol. The lowest BCUT2D eigenvalue weighted by Crippen LogP contribution is -2.19. The molecule has 13 N–H and O–H groups in total. The third-order valence-electron chi connectivity index (χ3n) is 5.39. The molecule has 0 heterocycles. The Morgan fingerprint density at radius 1 is 0.630 bits per heavy atom. The molecule has 1 unspecified atom stereocenters. The van der Waals surface area contributed by atoms with Crippen molar-refractivity contribution in [3.63, 3.8) is 0 Å². The maximum absolute atomic E-state index is 10.9. The smallest absolute Gasteiger partial charge is 0.337 e. The third-order valence-corrected chi connectivity index (χ3v) is 6.11. The molecule has 0 aliphatic carbocycles. The van der Waals surface area contributed by atoms with Gasteiger partial charge in [0.25, 0.3) is 0 Å². The molecule has 5 aromatic carbocycles. The number of rotatable bonds is 5. The van der Waals surface area contributed by atoms with Crippen LogP contribution in [0.5, 0.6) is 11.5 Å². The first-order chi connectivity index (χ1) is 22.0. The Kier molecular flexibility index (Phi) is 15.1. The third kappa shape index (κ3) is 14.4. The fourth-order valence-corrected chi connectivity index (χ4v) is 3.85. The summed E-state index contributed by atoms with van der Waals surface area (Å²) in [7, 11) is -0.0804. The monoisotopic (exact) mass is 643 g/mol. The number of benzene rings is 5. The number of nitrogens with two attached hydrogens (primary N) is 6. The van der Waals surface area contributed by atoms with Gasteiger partial charge in [-0.1, -0.05) is 42.5 Å². The predicted molar refractivity (Wildman–Crippen MR) is 185 cm³/mol. The number of amides is 2. The summed E-state index contributed by atoms with van der Waals surface area (Å²) in [6.07, 6.45) is 0. The zero-order chi connectivity index (χ0) is 33.9. The second-order valence-corrected chi connectivity index (χ2v) is 10.2. The number of hydrogen-bond acceptors (Lipinski definition) is 9. The molecule has 0 aliphatic heterocycles. The van der Waals surface area contributed by atoms with E-state index in [1.54, 1.807) is 78.9 Å². The van der Waals surface area contributed by atoms with E-state index in [9.17, 15) is 13.8 Å². The van der Waals surface area contributed by atoms with Crippen LogP contribution in [-0.4, -0.2) is 23.3 Å². The summed E-state index contributed by atoms with van der Waals surface area (Å²) in [5.74, 6) is 1.21. The fourth-order valence-electron chi connectivity index (χ4n) is 3.38. The highest BCUT2D eigenvalue weighted by Gasteiger charge is 2.03. The molecule has 0 saturated heterocycles. The molecule has 5 rings (SSSR count). The van der Waals surface area contributed by atoms with Gasteiger partial charge in [-0.25, -0.2) is 18.9 Å². The molecule has 1 atom stereocenters. The van der Waals surface area contributed by atoms with Crippen LogP contribution in [0.2, 0.25) is 0 Å². The first-order valence-electron chi connectivity index (χ1n) is 13.4. The summed E-state index contributed by atoms with van der Waals surface area (Å²) in [5.41, 5.74) is 30.3. The maximum Gasteiger partial charge on any atom is 0.337 e. The van der Waals surface area contributed by atoms with E-state index in [1.165, 1.54) is 7.11 Å². The lowest BCUT2D eigenvalue weighted by atomic mass is 10.2. The van der Waals surface area contributed by atoms with E-state index in [2.05, 4.69) is 10.1 Å². The summed E-state index contributed by atoms with van der Waals surface area (Å²) in [6, 6.07) is 36.6. The van der Waals surface area contributed by atoms with Gasteiger partial charge in [-0.15, -0.1) is 0 Å². The molecule has 0 aromatic heterocycles. The molecule has 2 amide bonds. The minimum Gasteiger partial charge on any atom is -0.465 e. The molecule has 5 aromatic rings. The summed E-state index contributed by atoms with van der Waals surface area (Å²) >= 11 is 0. The van der Waals surface area contributed by atoms with Crippen LogP contribution in [0.4, 0.5) is 33.2 Å². The van der Waals surface area contributed by atoms with Crippen molar-refractivity contribution in [2.75, 3.05) is 35.4 Å². The van der Waals surface area contributed by atoms with Crippen LogP contribution in [-0.2, 0) is 15.7 Å². The molecule has 0 aliphatic rings. The summed E-state index contributed by atoms with van der Waals surface area (Å²) in [5, 5.41) is 7.50. The average Bonchev–Trinajstić information content (AvgIpc) is 3.02. The van der Waals surface area contributed by atoms with E-state index < -0.39 is 17.0 Å². The second kappa shape index (κ2) is 19.3. The van der Waals surface area contributed by atoms with E-state index in [0.29, 0.717) is 38.9 Å². The first kappa shape index (κ1) is 36.1. The first-order valence-corrected chi connectivity index (χ1v) is 14.6. The van der Waals surface area contributed by atoms with Crippen molar-refractivity contribution in [3.8, 4) is 11.5 Å². The van der Waals surface area contributed by atoms with E-state index in [-0.39, 0.29) is 5.97 Å². The standard InChI is InChI=1S/C12H11NO.C8H9NO2.C7H9N3O.C6H8N2OS/c13-10-5-4-8-12(9-10)14-11-6-2-1-3-7-11;1-11-8(10)6-3-2-4-7(9)5-6;8-5-2-1-3-6(4-5)10-7(9)11;7-5-2-1-3-6(4-5)10(8)9/h1-9H,13H2;2-5H,9H2,1H3;1-4H,8H2,(H3,9,10,11);1-4H,7-8H2. The summed E-state index contributed by atoms with van der Waals surface area (Å²) < 4.78 is 20.7. The number of urea groups is 1. The molecule has 0 fully saturated rings. The summed E-state index contributed by atoms with van der Waals surface area (Å²) in [6.45, 7) is 0. The number of carbonyl (C=O) groups excluding carboxylic acids is 2. The molecule has 12 nitrogen and oxygen atoms in total. The number of para-hydroxylation sites is 1. The lowest BCUT2D eigenvalue weighted by molar-refractivity contribution is 0.0600. The van der Waals surface area contributed by atoms with Gasteiger partial charge in [0.05, 0.1) is 17.6 Å². The molecular weight excluding hydrogens is 606 g/mol. The van der Waals surface area contributed by atoms with Gasteiger partial charge in [-0.3, -0.25) is 0 Å². The van der Waals surface area contributed by atoms with Crippen LogP contribution in [0, 0.1) is 0 Å². The van der Waals surface area contributed by atoms with Gasteiger partial charge in [0.1, 0.15) is 22.5 Å². The topological polar surface area (TPSA) is 238 Å². The highest BCUT2D eigenvalue weighted by atomic mass is 32.2. The fraction of sp³-hybridized carbons (Fsp3) is 0.0303. The minimum atomic E-state index is -1.42. The number of esters is 1. The van der Waals surface area contributed by atoms with Gasteiger partial charge in [-0.2, -0.15) is 0 Å². The van der Waals surface area contributed by atoms with Crippen LogP contribution in [0.3, 0.4) is 0 Å². The van der Waals surface area contributed by atoms with Crippen molar-refractivity contribution in [1.82, 2.24) is 0 Å². The number of methoxy groups -OCH3 is 1. The van der Waals surface area contributed by atoms with Crippen molar-refractivity contribution in [2.45, 2.75) is 4.90 Å². The molecule has 46 heavy (non-hydrogen) atoms. The van der Waals surface area contributed by atoms with Gasteiger partial charge in [0.2, 0.25) is 0 Å². The van der Waals surface area contributed by atoms with Gasteiger partial charge >= 0.3 is 12.0 Å². The highest BCUT2D eigenvalue weighted by Crippen LogP contribution is 2.22. The lowest BCUT2D eigenvalue weighted by Gasteiger charge is -2.05. The Morgan fingerprint density at radius 2 is 1.15 bits per heavy atom. The number of carbonyl (C=O) groups is 2. The number of ether oxygens (including phenoxy) is 2. The van der Waals surface area contributed by atoms with Crippen molar-refractivity contribution in [3.05, 3.63) is 133 Å². The van der Waals surface area contributed by atoms with Crippen molar-refractivity contribution >= 4 is 51.4 Å². The Morgan fingerprint density at radius 3 is 1.65 bits per heavy atom. The summed E-state index contributed by atoms with van der Waals surface area (Å²) in [4.78, 5) is 21.8. The van der Waals surface area contributed by atoms with Crippen molar-refractivity contribution < 1.29 is 23.3 Å². The van der Waals surface area contributed by atoms with Crippen LogP contribution in [0.25, 0.3) is 0 Å². The quantitative estimate of drug-likeness (QED) is 0.0991. The SMILES string of the molecule is COC(=O)c1cccc(N)c1.NC(=O)Nc1cccc(N)c1.Nc1cccc(Oc2ccccc2)c1.Nc1cccc(S(N)=O)c1. The molecule has 13 heteroatoms. The Labute approximate surface area is 269 Å². The van der Waals surface area contributed by atoms with Crippen LogP contribution < -0.4 is 43.9 Å². The number of anilines is 5. The van der Waals surface area contributed by atoms with Crippen molar-refractivity contribution in [2.24, 2.45) is 10.9 Å². The predicted octanol–water partition coefficient (Wildman–Crippen LogP) is 5.13. The molecule has 0 saturated carbocycles. The Hall–Kier alpha value is -6.05. The zero-order valence-electron chi connectivity index (χ0n) is 25.0. The number of nitrogens with one attached hydrogen (secondary N) is 1. The molecular formula is C33H37N7O5S. The second-order valence-electron chi connectivity index (χ2n) is 9.09. The van der Waals surface area contributed by atoms with Crippen LogP contribution in [0.15, 0.2) is 132 Å².